The minimum Gasteiger partial charge on any atom is -0.497 e. The fraction of sp³-hybridized carbons (Fsp3) is 0.286. The number of anilines is 2. The highest BCUT2D eigenvalue weighted by atomic mass is 16.5. The number of amides is 2. The molecule has 0 aromatic heterocycles. The van der Waals surface area contributed by atoms with Crippen molar-refractivity contribution < 1.29 is 24.0 Å². The van der Waals surface area contributed by atoms with Crippen LogP contribution in [0.15, 0.2) is 48.5 Å². The fourth-order valence-corrected chi connectivity index (χ4v) is 2.55. The molecule has 1 unspecified atom stereocenters. The molecule has 0 aliphatic rings. The number of carbonyl (C=O) groups excluding carboxylic acids is 3. The molecule has 0 radical (unpaired) electrons. The van der Waals surface area contributed by atoms with Crippen LogP contribution in [-0.2, 0) is 9.59 Å². The van der Waals surface area contributed by atoms with Crippen LogP contribution in [0.3, 0.4) is 0 Å². The van der Waals surface area contributed by atoms with Gasteiger partial charge in [-0.1, -0.05) is 0 Å². The van der Waals surface area contributed by atoms with Crippen LogP contribution >= 0.6 is 0 Å². The van der Waals surface area contributed by atoms with E-state index in [1.165, 1.54) is 6.92 Å². The van der Waals surface area contributed by atoms with Crippen molar-refractivity contribution in [2.75, 3.05) is 31.3 Å². The Kier molecular flexibility index (Phi) is 7.28. The van der Waals surface area contributed by atoms with Gasteiger partial charge in [0.25, 0.3) is 11.8 Å². The number of hydrogen-bond acceptors (Lipinski definition) is 4. The van der Waals surface area contributed by atoms with Crippen molar-refractivity contribution in [3.05, 3.63) is 54.1 Å². The Bertz CT molecular complexity index is 832. The Hall–Kier alpha value is -3.19. The molecule has 2 atom stereocenters. The van der Waals surface area contributed by atoms with Crippen molar-refractivity contribution in [2.45, 2.75) is 19.9 Å². The number of carbonyl (C=O) groups is 3. The van der Waals surface area contributed by atoms with Gasteiger partial charge in [0, 0.05) is 16.9 Å². The van der Waals surface area contributed by atoms with Crippen molar-refractivity contribution in [2.24, 2.45) is 0 Å². The molecule has 0 saturated heterocycles. The maximum absolute atomic E-state index is 12.4. The van der Waals surface area contributed by atoms with Crippen molar-refractivity contribution in [1.29, 1.82) is 0 Å². The van der Waals surface area contributed by atoms with Crippen molar-refractivity contribution in [3.63, 3.8) is 0 Å². The van der Waals surface area contributed by atoms with Crippen LogP contribution in [-0.4, -0.2) is 44.3 Å². The summed E-state index contributed by atoms with van der Waals surface area (Å²) in [5, 5.41) is 5.61. The Morgan fingerprint density at radius 2 is 1.50 bits per heavy atom. The van der Waals surface area contributed by atoms with E-state index in [4.69, 9.17) is 4.74 Å². The lowest BCUT2D eigenvalue weighted by Crippen LogP contribution is -3.14. The summed E-state index contributed by atoms with van der Waals surface area (Å²) in [6.07, 6.45) is 0. The van der Waals surface area contributed by atoms with Gasteiger partial charge in [-0.25, -0.2) is 0 Å². The van der Waals surface area contributed by atoms with Crippen LogP contribution in [0.5, 0.6) is 5.75 Å². The Morgan fingerprint density at radius 3 is 2.04 bits per heavy atom. The SMILES string of the molecule is COc1ccc(NC(=O)C[NH+](C)[C@H](C)C(=O)Nc2ccc(C(C)=O)cc2)cc1. The van der Waals surface area contributed by atoms with Gasteiger partial charge in [0.2, 0.25) is 0 Å². The Morgan fingerprint density at radius 1 is 0.964 bits per heavy atom. The van der Waals surface area contributed by atoms with Gasteiger partial charge in [-0.15, -0.1) is 0 Å². The van der Waals surface area contributed by atoms with E-state index in [0.29, 0.717) is 22.7 Å². The summed E-state index contributed by atoms with van der Waals surface area (Å²) in [6, 6.07) is 13.3. The molecule has 0 aliphatic heterocycles. The lowest BCUT2D eigenvalue weighted by Gasteiger charge is -2.20. The molecule has 3 N–H and O–H groups in total. The molecule has 2 amide bonds. The third-order valence-electron chi connectivity index (χ3n) is 4.50. The first-order valence-electron chi connectivity index (χ1n) is 8.98. The number of ketones is 1. The lowest BCUT2D eigenvalue weighted by molar-refractivity contribution is -0.885. The number of quaternary nitrogens is 1. The van der Waals surface area contributed by atoms with Crippen LogP contribution < -0.4 is 20.3 Å². The van der Waals surface area contributed by atoms with Gasteiger partial charge in [0.15, 0.2) is 18.4 Å². The zero-order valence-corrected chi connectivity index (χ0v) is 16.5. The smallest absolute Gasteiger partial charge is 0.282 e. The summed E-state index contributed by atoms with van der Waals surface area (Å²) < 4.78 is 5.09. The summed E-state index contributed by atoms with van der Waals surface area (Å²) in [5.41, 5.74) is 1.86. The monoisotopic (exact) mass is 384 g/mol. The maximum Gasteiger partial charge on any atom is 0.282 e. The van der Waals surface area contributed by atoms with Crippen LogP contribution in [0.4, 0.5) is 11.4 Å². The van der Waals surface area contributed by atoms with E-state index in [-0.39, 0.29) is 24.1 Å². The van der Waals surface area contributed by atoms with E-state index >= 15 is 0 Å². The van der Waals surface area contributed by atoms with Gasteiger partial charge >= 0.3 is 0 Å². The number of rotatable bonds is 8. The second-order valence-corrected chi connectivity index (χ2v) is 6.64. The molecule has 28 heavy (non-hydrogen) atoms. The van der Waals surface area contributed by atoms with E-state index in [2.05, 4.69) is 10.6 Å². The maximum atomic E-state index is 12.4. The standard InChI is InChI=1S/C21H25N3O4/c1-14(21(27)23-18-7-5-16(6-8-18)15(2)25)24(3)13-20(26)22-17-9-11-19(28-4)12-10-17/h5-12,14H,13H2,1-4H3,(H,22,26)(H,23,27)/p+1/t14-/m1/s1. The molecule has 148 valence electrons. The highest BCUT2D eigenvalue weighted by Gasteiger charge is 2.24. The second-order valence-electron chi connectivity index (χ2n) is 6.64. The first kappa shape index (κ1) is 21.1. The molecule has 0 aliphatic carbocycles. The van der Waals surface area contributed by atoms with Gasteiger partial charge in [-0.05, 0) is 62.4 Å². The first-order chi connectivity index (χ1) is 13.3. The zero-order valence-electron chi connectivity index (χ0n) is 16.5. The molecule has 7 nitrogen and oxygen atoms in total. The summed E-state index contributed by atoms with van der Waals surface area (Å²) in [5.74, 6) is 0.291. The number of ether oxygens (including phenoxy) is 1. The molecule has 0 heterocycles. The molecule has 2 aromatic rings. The van der Waals surface area contributed by atoms with Gasteiger partial charge in [-0.2, -0.15) is 0 Å². The number of nitrogens with one attached hydrogen (secondary N) is 3. The van der Waals surface area contributed by atoms with Crippen molar-refractivity contribution in [3.8, 4) is 5.75 Å². The molecular formula is C21H26N3O4+. The van der Waals surface area contributed by atoms with E-state index < -0.39 is 6.04 Å². The predicted molar refractivity (Wildman–Crippen MR) is 108 cm³/mol. The number of benzene rings is 2. The van der Waals surface area contributed by atoms with Gasteiger partial charge < -0.3 is 20.3 Å². The van der Waals surface area contributed by atoms with Crippen molar-refractivity contribution >= 4 is 29.0 Å². The van der Waals surface area contributed by atoms with Crippen LogP contribution in [0.25, 0.3) is 0 Å². The average Bonchev–Trinajstić information content (AvgIpc) is 2.68. The molecule has 0 saturated carbocycles. The van der Waals surface area contributed by atoms with E-state index in [0.717, 1.165) is 4.90 Å². The Labute approximate surface area is 164 Å². The minimum atomic E-state index is -0.436. The normalized spacial score (nSPS) is 12.6. The number of likely N-dealkylation sites (N-methyl/N-ethyl adjacent to an activating group) is 1. The third kappa shape index (κ3) is 5.92. The van der Waals surface area contributed by atoms with Crippen LogP contribution in [0, 0.1) is 0 Å². The predicted octanol–water partition coefficient (Wildman–Crippen LogP) is 1.38. The second kappa shape index (κ2) is 9.66. The average molecular weight is 384 g/mol. The van der Waals surface area contributed by atoms with Crippen molar-refractivity contribution in [1.82, 2.24) is 0 Å². The molecule has 2 rings (SSSR count). The molecule has 7 heteroatoms. The summed E-state index contributed by atoms with van der Waals surface area (Å²) in [4.78, 5) is 36.7. The first-order valence-corrected chi connectivity index (χ1v) is 8.98. The highest BCUT2D eigenvalue weighted by molar-refractivity contribution is 5.96. The molecule has 0 spiro atoms. The highest BCUT2D eigenvalue weighted by Crippen LogP contribution is 2.14. The largest absolute Gasteiger partial charge is 0.497 e. The summed E-state index contributed by atoms with van der Waals surface area (Å²) in [6.45, 7) is 3.39. The topological polar surface area (TPSA) is 88.9 Å². The summed E-state index contributed by atoms with van der Waals surface area (Å²) >= 11 is 0. The number of hydrogen-bond donors (Lipinski definition) is 3. The third-order valence-corrected chi connectivity index (χ3v) is 4.50. The quantitative estimate of drug-likeness (QED) is 0.600. The van der Waals surface area contributed by atoms with E-state index in [9.17, 15) is 14.4 Å². The molecule has 2 aromatic carbocycles. The molecule has 0 fully saturated rings. The van der Waals surface area contributed by atoms with E-state index in [1.807, 2.05) is 0 Å². The van der Waals surface area contributed by atoms with E-state index in [1.54, 1.807) is 69.6 Å². The fourth-order valence-electron chi connectivity index (χ4n) is 2.55. The van der Waals surface area contributed by atoms with Gasteiger partial charge in [-0.3, -0.25) is 14.4 Å². The number of methoxy groups -OCH3 is 1. The van der Waals surface area contributed by atoms with Crippen LogP contribution in [0.2, 0.25) is 0 Å². The Balaban J connectivity index is 1.87. The lowest BCUT2D eigenvalue weighted by atomic mass is 10.1. The van der Waals surface area contributed by atoms with Gasteiger partial charge in [0.05, 0.1) is 14.2 Å². The number of Topliss-reactive ketones (excluding diaryl/α,β-unsaturated/α-hetero) is 1. The zero-order chi connectivity index (χ0) is 20.7. The van der Waals surface area contributed by atoms with Crippen LogP contribution in [0.1, 0.15) is 24.2 Å². The molecular weight excluding hydrogens is 358 g/mol. The molecule has 0 bridgehead atoms. The minimum absolute atomic E-state index is 0.0294. The summed E-state index contributed by atoms with van der Waals surface area (Å²) in [7, 11) is 3.37. The van der Waals surface area contributed by atoms with Gasteiger partial charge in [0.1, 0.15) is 5.75 Å².